The first kappa shape index (κ1) is 23.9. The molecule has 2 aliphatic rings. The quantitative estimate of drug-likeness (QED) is 0.291. The van der Waals surface area contributed by atoms with Crippen LogP contribution < -0.4 is 5.32 Å². The number of benzene rings is 2. The van der Waals surface area contributed by atoms with Crippen LogP contribution in [0.3, 0.4) is 0 Å². The minimum absolute atomic E-state index is 0.0423. The molecule has 2 aromatic heterocycles. The van der Waals surface area contributed by atoms with E-state index in [-0.39, 0.29) is 29.5 Å². The van der Waals surface area contributed by atoms with E-state index in [4.69, 9.17) is 0 Å². The molecular weight excluding hydrogens is 484 g/mol. The Morgan fingerprint density at radius 1 is 0.973 bits per heavy atom. The van der Waals surface area contributed by atoms with Gasteiger partial charge in [-0.15, -0.1) is 0 Å². The Morgan fingerprint density at radius 2 is 1.76 bits per heavy atom. The van der Waals surface area contributed by atoms with Crippen LogP contribution in [-0.2, 0) is 0 Å². The van der Waals surface area contributed by atoms with Gasteiger partial charge in [0, 0.05) is 23.2 Å². The van der Waals surface area contributed by atoms with Crippen LogP contribution in [0.1, 0.15) is 72.1 Å². The highest BCUT2D eigenvalue weighted by Crippen LogP contribution is 2.48. The van der Waals surface area contributed by atoms with Gasteiger partial charge in [-0.25, -0.2) is 9.37 Å². The highest BCUT2D eigenvalue weighted by Gasteiger charge is 2.48. The van der Waals surface area contributed by atoms with E-state index in [0.29, 0.717) is 47.8 Å². The zero-order valence-corrected chi connectivity index (χ0v) is 20.0. The summed E-state index contributed by atoms with van der Waals surface area (Å²) in [5.74, 6) is -3.01. The average Bonchev–Trinajstić information content (AvgIpc) is 3.59. The van der Waals surface area contributed by atoms with Gasteiger partial charge in [0.25, 0.3) is 5.91 Å². The van der Waals surface area contributed by atoms with Crippen molar-refractivity contribution in [3.05, 3.63) is 71.4 Å². The molecule has 1 atom stereocenters. The number of H-pyrrole nitrogens is 1. The molecule has 2 N–H and O–H groups in total. The topological polar surface area (TPSA) is 70.7 Å². The summed E-state index contributed by atoms with van der Waals surface area (Å²) in [6.45, 7) is 0. The number of halogens is 4. The highest BCUT2D eigenvalue weighted by atomic mass is 19.4. The zero-order valence-electron chi connectivity index (χ0n) is 20.0. The Hall–Kier alpha value is -3.49. The second kappa shape index (κ2) is 9.11. The second-order valence-corrected chi connectivity index (χ2v) is 10.3. The lowest BCUT2D eigenvalue weighted by Crippen LogP contribution is -2.31. The minimum Gasteiger partial charge on any atom is -0.349 e. The summed E-state index contributed by atoms with van der Waals surface area (Å²) in [7, 11) is 0. The van der Waals surface area contributed by atoms with Gasteiger partial charge in [-0.3, -0.25) is 9.78 Å². The maximum absolute atomic E-state index is 14.4. The van der Waals surface area contributed by atoms with Crippen LogP contribution >= 0.6 is 0 Å². The summed E-state index contributed by atoms with van der Waals surface area (Å²) >= 11 is 0. The smallest absolute Gasteiger partial charge is 0.349 e. The maximum atomic E-state index is 14.4. The molecule has 0 spiro atoms. The Bertz CT molecular complexity index is 1470. The predicted octanol–water partition coefficient (Wildman–Crippen LogP) is 6.76. The molecule has 2 heterocycles. The van der Waals surface area contributed by atoms with Gasteiger partial charge in [-0.2, -0.15) is 13.2 Å². The number of rotatable bonds is 5. The molecule has 6 rings (SSSR count). The fraction of sp³-hybridized carbons (Fsp3) is 0.393. The number of fused-ring (bicyclic) bond motifs is 2. The van der Waals surface area contributed by atoms with Crippen LogP contribution in [-0.4, -0.2) is 33.1 Å². The number of aromatic nitrogens is 3. The van der Waals surface area contributed by atoms with Gasteiger partial charge < -0.3 is 10.3 Å². The van der Waals surface area contributed by atoms with Gasteiger partial charge in [0.05, 0.1) is 16.6 Å². The molecular formula is C28H26F4N4O. The summed E-state index contributed by atoms with van der Waals surface area (Å²) in [6, 6.07) is 11.3. The van der Waals surface area contributed by atoms with Crippen molar-refractivity contribution in [1.82, 2.24) is 20.3 Å². The van der Waals surface area contributed by atoms with Gasteiger partial charge >= 0.3 is 6.18 Å². The Kier molecular flexibility index (Phi) is 5.88. The maximum Gasteiger partial charge on any atom is 0.399 e. The van der Waals surface area contributed by atoms with Crippen molar-refractivity contribution in [1.29, 1.82) is 0 Å². The molecule has 37 heavy (non-hydrogen) atoms. The van der Waals surface area contributed by atoms with E-state index in [2.05, 4.69) is 20.3 Å². The molecule has 9 heteroatoms. The van der Waals surface area contributed by atoms with Crippen LogP contribution in [0.5, 0.6) is 0 Å². The molecule has 0 aliphatic heterocycles. The van der Waals surface area contributed by atoms with Crippen molar-refractivity contribution in [3.8, 4) is 0 Å². The summed E-state index contributed by atoms with van der Waals surface area (Å²) < 4.78 is 57.0. The third kappa shape index (κ3) is 4.79. The van der Waals surface area contributed by atoms with E-state index in [1.807, 2.05) is 6.07 Å². The number of nitrogens with one attached hydrogen (secondary N) is 2. The molecule has 1 amide bonds. The Morgan fingerprint density at radius 3 is 2.49 bits per heavy atom. The van der Waals surface area contributed by atoms with Crippen molar-refractivity contribution < 1.29 is 22.4 Å². The van der Waals surface area contributed by atoms with E-state index >= 15 is 0 Å². The number of carbonyl (C=O) groups excluding carboxylic acids is 1. The second-order valence-electron chi connectivity index (χ2n) is 10.3. The number of hydrogen-bond donors (Lipinski definition) is 2. The Labute approximate surface area is 210 Å². The average molecular weight is 511 g/mol. The molecule has 2 aromatic carbocycles. The molecule has 2 aliphatic carbocycles. The van der Waals surface area contributed by atoms with Gasteiger partial charge in [0.2, 0.25) is 0 Å². The predicted molar refractivity (Wildman–Crippen MR) is 132 cm³/mol. The van der Waals surface area contributed by atoms with E-state index in [0.717, 1.165) is 23.8 Å². The largest absolute Gasteiger partial charge is 0.399 e. The fourth-order valence-corrected chi connectivity index (χ4v) is 5.72. The van der Waals surface area contributed by atoms with Crippen molar-refractivity contribution in [2.75, 3.05) is 0 Å². The minimum atomic E-state index is -4.47. The number of pyridine rings is 1. The van der Waals surface area contributed by atoms with Gasteiger partial charge in [-0.1, -0.05) is 0 Å². The standard InChI is InChI=1S/C28H26F4N4O/c29-18-6-10-22-21(14-18)20(11-12-33-22)15-1-3-16(4-2-15)25(28(30,31)32)26-35-23-9-5-17(13-24(23)36-26)27(37)34-19-7-8-19/h5-6,9-16,19,25H,1-4,7-8H2,(H,34,37)(H,35,36)/t15?,16?,25-/m1/s1. The number of hydrogen-bond acceptors (Lipinski definition) is 3. The van der Waals surface area contributed by atoms with E-state index in [9.17, 15) is 22.4 Å². The Balaban J connectivity index is 1.24. The summed E-state index contributed by atoms with van der Waals surface area (Å²) in [5.41, 5.74) is 2.84. The summed E-state index contributed by atoms with van der Waals surface area (Å²) in [6.07, 6.45) is 0.990. The first-order chi connectivity index (χ1) is 17.8. The lowest BCUT2D eigenvalue weighted by molar-refractivity contribution is -0.166. The zero-order chi connectivity index (χ0) is 25.7. The molecule has 0 unspecified atom stereocenters. The summed E-state index contributed by atoms with van der Waals surface area (Å²) in [4.78, 5) is 23.9. The SMILES string of the molecule is O=C(NC1CC1)c1ccc2[nH]c([C@@H](C3CCC(c4ccnc5ccc(F)cc45)CC3)C(F)(F)F)nc2c1. The monoisotopic (exact) mass is 510 g/mol. The number of aromatic amines is 1. The summed E-state index contributed by atoms with van der Waals surface area (Å²) in [5, 5.41) is 3.61. The molecule has 2 fully saturated rings. The molecule has 0 radical (unpaired) electrons. The van der Waals surface area contributed by atoms with Crippen LogP contribution in [0.25, 0.3) is 21.9 Å². The van der Waals surface area contributed by atoms with Crippen LogP contribution in [0.4, 0.5) is 17.6 Å². The number of alkyl halides is 3. The molecule has 2 saturated carbocycles. The molecule has 5 nitrogen and oxygen atoms in total. The molecule has 192 valence electrons. The normalized spacial score (nSPS) is 21.3. The van der Waals surface area contributed by atoms with Crippen LogP contribution in [0, 0.1) is 11.7 Å². The van der Waals surface area contributed by atoms with Gasteiger partial charge in [-0.05, 0) is 98.4 Å². The highest BCUT2D eigenvalue weighted by molar-refractivity contribution is 5.97. The first-order valence-corrected chi connectivity index (χ1v) is 12.7. The third-order valence-electron chi connectivity index (χ3n) is 7.74. The number of amides is 1. The number of imidazole rings is 1. The molecule has 0 saturated heterocycles. The van der Waals surface area contributed by atoms with Crippen molar-refractivity contribution >= 4 is 27.8 Å². The molecule has 0 bridgehead atoms. The third-order valence-corrected chi connectivity index (χ3v) is 7.74. The number of carbonyl (C=O) groups is 1. The lowest BCUT2D eigenvalue weighted by atomic mass is 9.73. The van der Waals surface area contributed by atoms with Crippen LogP contribution in [0.15, 0.2) is 48.7 Å². The van der Waals surface area contributed by atoms with Gasteiger partial charge in [0.1, 0.15) is 17.6 Å². The fourth-order valence-electron chi connectivity index (χ4n) is 5.72. The van der Waals surface area contributed by atoms with Crippen LogP contribution in [0.2, 0.25) is 0 Å². The van der Waals surface area contributed by atoms with Crippen molar-refractivity contribution in [3.63, 3.8) is 0 Å². The first-order valence-electron chi connectivity index (χ1n) is 12.7. The van der Waals surface area contributed by atoms with Gasteiger partial charge in [0.15, 0.2) is 0 Å². The molecule has 4 aromatic rings. The van der Waals surface area contributed by atoms with Crippen molar-refractivity contribution in [2.45, 2.75) is 62.6 Å². The lowest BCUT2D eigenvalue weighted by Gasteiger charge is -2.34. The van der Waals surface area contributed by atoms with Crippen molar-refractivity contribution in [2.24, 2.45) is 5.92 Å². The van der Waals surface area contributed by atoms with E-state index < -0.39 is 18.0 Å². The van der Waals surface area contributed by atoms with E-state index in [1.54, 1.807) is 30.5 Å². The number of nitrogens with zero attached hydrogens (tertiary/aromatic N) is 2. The van der Waals surface area contributed by atoms with E-state index in [1.165, 1.54) is 12.1 Å².